The molecule has 0 aliphatic carbocycles. The van der Waals surface area contributed by atoms with Crippen LogP contribution in [0.4, 0.5) is 5.82 Å². The van der Waals surface area contributed by atoms with Gasteiger partial charge in [-0.2, -0.15) is 0 Å². The van der Waals surface area contributed by atoms with Crippen LogP contribution in [0, 0.1) is 0 Å². The van der Waals surface area contributed by atoms with Gasteiger partial charge in [0.1, 0.15) is 5.82 Å². The van der Waals surface area contributed by atoms with E-state index in [4.69, 9.17) is 5.90 Å². The van der Waals surface area contributed by atoms with E-state index in [0.29, 0.717) is 6.61 Å². The first-order chi connectivity index (χ1) is 7.40. The molecule has 4 nitrogen and oxygen atoms in total. The molecule has 1 aromatic rings. The van der Waals surface area contributed by atoms with Crippen molar-refractivity contribution >= 4 is 5.82 Å². The van der Waals surface area contributed by atoms with E-state index in [2.05, 4.69) is 26.9 Å². The number of rotatable bonds is 4. The van der Waals surface area contributed by atoms with E-state index in [9.17, 15) is 0 Å². The fraction of sp³-hybridized carbons (Fsp3) is 0.545. The van der Waals surface area contributed by atoms with Crippen LogP contribution in [0.25, 0.3) is 0 Å². The summed E-state index contributed by atoms with van der Waals surface area (Å²) < 4.78 is 0. The fourth-order valence-electron chi connectivity index (χ4n) is 1.87. The minimum atomic E-state index is 0.546. The Morgan fingerprint density at radius 1 is 1.33 bits per heavy atom. The lowest BCUT2D eigenvalue weighted by Crippen LogP contribution is -2.18. The predicted molar refractivity (Wildman–Crippen MR) is 59.5 cm³/mol. The quantitative estimate of drug-likeness (QED) is 0.751. The van der Waals surface area contributed by atoms with Crippen LogP contribution in [-0.2, 0) is 11.3 Å². The summed E-state index contributed by atoms with van der Waals surface area (Å²) >= 11 is 0. The number of hydrogen-bond donors (Lipinski definition) is 1. The number of nitrogens with zero attached hydrogens (tertiary/aromatic N) is 2. The third-order valence-corrected chi connectivity index (χ3v) is 2.75. The van der Waals surface area contributed by atoms with Gasteiger partial charge in [0, 0.05) is 19.3 Å². The molecule has 82 valence electrons. The van der Waals surface area contributed by atoms with Crippen LogP contribution in [0.2, 0.25) is 0 Å². The Kier molecular flexibility index (Phi) is 3.53. The summed E-state index contributed by atoms with van der Waals surface area (Å²) in [7, 11) is 0. The van der Waals surface area contributed by atoms with E-state index in [-0.39, 0.29) is 0 Å². The standard InChI is InChI=1S/C11H17N3O/c12-15-8-5-10-3-4-11(13-9-10)14-6-1-2-7-14/h3-4,9H,1-2,5-8,12H2. The molecular weight excluding hydrogens is 190 g/mol. The molecule has 0 amide bonds. The summed E-state index contributed by atoms with van der Waals surface area (Å²) in [5.74, 6) is 6.07. The zero-order valence-electron chi connectivity index (χ0n) is 8.85. The van der Waals surface area contributed by atoms with E-state index >= 15 is 0 Å². The van der Waals surface area contributed by atoms with Gasteiger partial charge in [0.2, 0.25) is 0 Å². The van der Waals surface area contributed by atoms with Gasteiger partial charge in [-0.15, -0.1) is 0 Å². The largest absolute Gasteiger partial charge is 0.357 e. The Balaban J connectivity index is 1.96. The zero-order valence-corrected chi connectivity index (χ0v) is 8.85. The summed E-state index contributed by atoms with van der Waals surface area (Å²) in [4.78, 5) is 11.3. The maximum absolute atomic E-state index is 4.98. The molecule has 2 heterocycles. The average molecular weight is 207 g/mol. The van der Waals surface area contributed by atoms with E-state index in [1.165, 1.54) is 18.4 Å². The molecule has 1 saturated heterocycles. The highest BCUT2D eigenvalue weighted by Gasteiger charge is 2.12. The summed E-state index contributed by atoms with van der Waals surface area (Å²) in [6.45, 7) is 2.82. The monoisotopic (exact) mass is 207 g/mol. The molecule has 2 rings (SSSR count). The van der Waals surface area contributed by atoms with E-state index in [1.807, 2.05) is 6.20 Å². The lowest BCUT2D eigenvalue weighted by atomic mass is 10.2. The van der Waals surface area contributed by atoms with Crippen molar-refractivity contribution in [2.24, 2.45) is 5.90 Å². The summed E-state index contributed by atoms with van der Waals surface area (Å²) in [5.41, 5.74) is 1.17. The first kappa shape index (κ1) is 10.4. The van der Waals surface area contributed by atoms with Gasteiger partial charge in [0.25, 0.3) is 0 Å². The molecule has 0 bridgehead atoms. The Morgan fingerprint density at radius 3 is 2.73 bits per heavy atom. The van der Waals surface area contributed by atoms with Crippen LogP contribution in [0.3, 0.4) is 0 Å². The minimum absolute atomic E-state index is 0.546. The molecule has 0 spiro atoms. The molecule has 0 atom stereocenters. The highest BCUT2D eigenvalue weighted by molar-refractivity contribution is 5.40. The van der Waals surface area contributed by atoms with Crippen molar-refractivity contribution in [3.05, 3.63) is 23.9 Å². The van der Waals surface area contributed by atoms with Crippen molar-refractivity contribution in [1.82, 2.24) is 4.98 Å². The molecule has 0 unspecified atom stereocenters. The molecule has 1 fully saturated rings. The smallest absolute Gasteiger partial charge is 0.128 e. The van der Waals surface area contributed by atoms with Crippen LogP contribution in [0.5, 0.6) is 0 Å². The lowest BCUT2D eigenvalue weighted by Gasteiger charge is -2.16. The van der Waals surface area contributed by atoms with Crippen molar-refractivity contribution < 1.29 is 4.84 Å². The first-order valence-electron chi connectivity index (χ1n) is 5.42. The molecular formula is C11H17N3O. The van der Waals surface area contributed by atoms with Crippen LogP contribution < -0.4 is 10.8 Å². The third-order valence-electron chi connectivity index (χ3n) is 2.75. The molecule has 15 heavy (non-hydrogen) atoms. The lowest BCUT2D eigenvalue weighted by molar-refractivity contribution is 0.141. The van der Waals surface area contributed by atoms with Gasteiger partial charge in [-0.05, 0) is 30.9 Å². The highest BCUT2D eigenvalue weighted by Crippen LogP contribution is 2.17. The number of hydrogen-bond acceptors (Lipinski definition) is 4. The van der Waals surface area contributed by atoms with Gasteiger partial charge in [-0.1, -0.05) is 6.07 Å². The summed E-state index contributed by atoms with van der Waals surface area (Å²) in [6.07, 6.45) is 5.30. The molecule has 1 aromatic heterocycles. The second-order valence-electron chi connectivity index (χ2n) is 3.84. The van der Waals surface area contributed by atoms with Crippen LogP contribution in [0.15, 0.2) is 18.3 Å². The molecule has 1 aliphatic rings. The summed E-state index contributed by atoms with van der Waals surface area (Å²) in [5, 5.41) is 0. The fourth-order valence-corrected chi connectivity index (χ4v) is 1.87. The molecule has 4 heteroatoms. The van der Waals surface area contributed by atoms with Crippen LogP contribution in [0.1, 0.15) is 18.4 Å². The van der Waals surface area contributed by atoms with E-state index in [0.717, 1.165) is 25.3 Å². The number of nitrogens with two attached hydrogens (primary N) is 1. The van der Waals surface area contributed by atoms with Crippen molar-refractivity contribution in [3.63, 3.8) is 0 Å². The van der Waals surface area contributed by atoms with Crippen molar-refractivity contribution in [1.29, 1.82) is 0 Å². The Hall–Kier alpha value is -1.13. The Labute approximate surface area is 90.0 Å². The average Bonchev–Trinajstić information content (AvgIpc) is 2.80. The normalized spacial score (nSPS) is 15.9. The Bertz CT molecular complexity index is 293. The van der Waals surface area contributed by atoms with Crippen LogP contribution >= 0.6 is 0 Å². The van der Waals surface area contributed by atoms with E-state index in [1.54, 1.807) is 0 Å². The van der Waals surface area contributed by atoms with Crippen LogP contribution in [-0.4, -0.2) is 24.7 Å². The number of anilines is 1. The van der Waals surface area contributed by atoms with Gasteiger partial charge in [0.15, 0.2) is 0 Å². The predicted octanol–water partition coefficient (Wildman–Crippen LogP) is 1.11. The molecule has 1 aliphatic heterocycles. The molecule has 0 saturated carbocycles. The topological polar surface area (TPSA) is 51.4 Å². The SMILES string of the molecule is NOCCc1ccc(N2CCCC2)nc1. The van der Waals surface area contributed by atoms with Gasteiger partial charge in [-0.25, -0.2) is 10.9 Å². The Morgan fingerprint density at radius 2 is 2.13 bits per heavy atom. The minimum Gasteiger partial charge on any atom is -0.357 e. The number of pyridine rings is 1. The van der Waals surface area contributed by atoms with Crippen molar-refractivity contribution in [2.45, 2.75) is 19.3 Å². The van der Waals surface area contributed by atoms with E-state index < -0.39 is 0 Å². The van der Waals surface area contributed by atoms with Gasteiger partial charge in [0.05, 0.1) is 6.61 Å². The van der Waals surface area contributed by atoms with Gasteiger partial charge in [-0.3, -0.25) is 0 Å². The summed E-state index contributed by atoms with van der Waals surface area (Å²) in [6, 6.07) is 4.18. The molecule has 0 aromatic carbocycles. The van der Waals surface area contributed by atoms with Gasteiger partial charge < -0.3 is 9.74 Å². The zero-order chi connectivity index (χ0) is 10.5. The maximum atomic E-state index is 4.98. The first-order valence-corrected chi connectivity index (χ1v) is 5.42. The maximum Gasteiger partial charge on any atom is 0.128 e. The van der Waals surface area contributed by atoms with Crippen molar-refractivity contribution in [2.75, 3.05) is 24.6 Å². The second-order valence-corrected chi connectivity index (χ2v) is 3.84. The molecule has 0 radical (unpaired) electrons. The van der Waals surface area contributed by atoms with Gasteiger partial charge >= 0.3 is 0 Å². The highest BCUT2D eigenvalue weighted by atomic mass is 16.6. The molecule has 2 N–H and O–H groups in total. The number of aromatic nitrogens is 1. The van der Waals surface area contributed by atoms with Crippen molar-refractivity contribution in [3.8, 4) is 0 Å². The third kappa shape index (κ3) is 2.67. The second kappa shape index (κ2) is 5.09.